The SMILES string of the molecule is CN1Cc2cc(Cl)ccc2-n2c(nnc2[C@H]2CC[C@@H](c3ccc(F)cc3)CC2)C1. The Bertz CT molecular complexity index is 1020. The van der Waals surface area contributed by atoms with E-state index < -0.39 is 0 Å². The molecule has 2 heterocycles. The summed E-state index contributed by atoms with van der Waals surface area (Å²) in [6.45, 7) is 1.61. The van der Waals surface area contributed by atoms with Crippen molar-refractivity contribution in [1.29, 1.82) is 0 Å². The summed E-state index contributed by atoms with van der Waals surface area (Å²) in [6.07, 6.45) is 4.32. The predicted octanol–water partition coefficient (Wildman–Crippen LogP) is 5.45. The van der Waals surface area contributed by atoms with Crippen LogP contribution in [-0.4, -0.2) is 26.7 Å². The van der Waals surface area contributed by atoms with E-state index >= 15 is 0 Å². The Hall–Kier alpha value is -2.24. The molecule has 5 rings (SSSR count). The summed E-state index contributed by atoms with van der Waals surface area (Å²) in [6, 6.07) is 13.1. The van der Waals surface area contributed by atoms with Crippen LogP contribution in [0.4, 0.5) is 4.39 Å². The van der Waals surface area contributed by atoms with Crippen LogP contribution in [0.1, 0.15) is 60.3 Å². The number of benzene rings is 2. The van der Waals surface area contributed by atoms with Crippen LogP contribution in [0.2, 0.25) is 5.02 Å². The first-order valence-corrected chi connectivity index (χ1v) is 10.6. The van der Waals surface area contributed by atoms with E-state index in [1.54, 1.807) is 12.1 Å². The Morgan fingerprint density at radius 3 is 2.41 bits per heavy atom. The van der Waals surface area contributed by atoms with Crippen LogP contribution < -0.4 is 0 Å². The highest BCUT2D eigenvalue weighted by Crippen LogP contribution is 2.41. The largest absolute Gasteiger partial charge is 0.295 e. The van der Waals surface area contributed by atoms with Crippen LogP contribution in [0.25, 0.3) is 5.69 Å². The molecular formula is C23H24ClFN4. The summed E-state index contributed by atoms with van der Waals surface area (Å²) in [5, 5.41) is 9.94. The lowest BCUT2D eigenvalue weighted by Gasteiger charge is -2.28. The third kappa shape index (κ3) is 3.58. The summed E-state index contributed by atoms with van der Waals surface area (Å²) < 4.78 is 15.5. The van der Waals surface area contributed by atoms with Crippen molar-refractivity contribution in [3.63, 3.8) is 0 Å². The Morgan fingerprint density at radius 1 is 0.931 bits per heavy atom. The average molecular weight is 411 g/mol. The third-order valence-corrected chi connectivity index (χ3v) is 6.56. The lowest BCUT2D eigenvalue weighted by atomic mass is 9.78. The van der Waals surface area contributed by atoms with Gasteiger partial charge in [-0.3, -0.25) is 9.47 Å². The van der Waals surface area contributed by atoms with Crippen LogP contribution in [0.5, 0.6) is 0 Å². The van der Waals surface area contributed by atoms with Crippen LogP contribution in [0.15, 0.2) is 42.5 Å². The number of aromatic nitrogens is 3. The molecular weight excluding hydrogens is 387 g/mol. The molecule has 0 spiro atoms. The number of hydrogen-bond acceptors (Lipinski definition) is 3. The van der Waals surface area contributed by atoms with Gasteiger partial charge >= 0.3 is 0 Å². The van der Waals surface area contributed by atoms with Crippen molar-refractivity contribution in [2.45, 2.75) is 50.6 Å². The maximum absolute atomic E-state index is 13.2. The van der Waals surface area contributed by atoms with E-state index in [-0.39, 0.29) is 5.82 Å². The Labute approximate surface area is 175 Å². The van der Waals surface area contributed by atoms with Gasteiger partial charge in [0, 0.05) is 17.5 Å². The average Bonchev–Trinajstić information content (AvgIpc) is 3.06. The van der Waals surface area contributed by atoms with Gasteiger partial charge in [-0.05, 0) is 80.1 Å². The molecule has 150 valence electrons. The maximum Gasteiger partial charge on any atom is 0.151 e. The van der Waals surface area contributed by atoms with Gasteiger partial charge in [-0.1, -0.05) is 23.7 Å². The molecule has 0 amide bonds. The molecule has 1 aromatic heterocycles. The van der Waals surface area contributed by atoms with Gasteiger partial charge in [-0.15, -0.1) is 10.2 Å². The Balaban J connectivity index is 1.43. The standard InChI is InChI=1S/C23H24ClFN4/c1-28-13-18-12-19(24)8-11-21(18)29-22(14-28)26-27-23(29)17-4-2-15(3-5-17)16-6-9-20(25)10-7-16/h6-12,15,17H,2-5,13-14H2,1H3/t15-,17+. The van der Waals surface area contributed by atoms with Crippen molar-refractivity contribution in [1.82, 2.24) is 19.7 Å². The number of nitrogens with zero attached hydrogens (tertiary/aromatic N) is 4. The van der Waals surface area contributed by atoms with Gasteiger partial charge in [0.15, 0.2) is 5.82 Å². The first kappa shape index (κ1) is 18.8. The number of fused-ring (bicyclic) bond motifs is 3. The van der Waals surface area contributed by atoms with Crippen molar-refractivity contribution in [2.75, 3.05) is 7.05 Å². The zero-order valence-corrected chi connectivity index (χ0v) is 17.2. The summed E-state index contributed by atoms with van der Waals surface area (Å²) in [5.41, 5.74) is 3.60. The molecule has 1 fully saturated rings. The maximum atomic E-state index is 13.2. The van der Waals surface area contributed by atoms with E-state index in [0.29, 0.717) is 11.8 Å². The number of halogens is 2. The fourth-order valence-corrected chi connectivity index (χ4v) is 5.06. The van der Waals surface area contributed by atoms with Gasteiger partial charge in [0.25, 0.3) is 0 Å². The molecule has 0 radical (unpaired) electrons. The Kier molecular flexibility index (Phi) is 4.88. The second-order valence-corrected chi connectivity index (χ2v) is 8.79. The quantitative estimate of drug-likeness (QED) is 0.563. The smallest absolute Gasteiger partial charge is 0.151 e. The topological polar surface area (TPSA) is 34.0 Å². The molecule has 6 heteroatoms. The highest BCUT2D eigenvalue weighted by atomic mass is 35.5. The second kappa shape index (κ2) is 7.54. The van der Waals surface area contributed by atoms with E-state index in [9.17, 15) is 4.39 Å². The van der Waals surface area contributed by atoms with Crippen molar-refractivity contribution in [3.05, 3.63) is 76.1 Å². The van der Waals surface area contributed by atoms with Crippen LogP contribution in [-0.2, 0) is 13.1 Å². The lowest BCUT2D eigenvalue weighted by molar-refractivity contribution is 0.315. The molecule has 0 saturated heterocycles. The lowest BCUT2D eigenvalue weighted by Crippen LogP contribution is -2.17. The molecule has 1 aliphatic carbocycles. The van der Waals surface area contributed by atoms with Crippen LogP contribution in [0.3, 0.4) is 0 Å². The van der Waals surface area contributed by atoms with Gasteiger partial charge in [-0.2, -0.15) is 0 Å². The predicted molar refractivity (Wildman–Crippen MR) is 112 cm³/mol. The second-order valence-electron chi connectivity index (χ2n) is 8.36. The molecule has 0 N–H and O–H groups in total. The minimum Gasteiger partial charge on any atom is -0.295 e. The normalized spacial score (nSPS) is 22.0. The highest BCUT2D eigenvalue weighted by Gasteiger charge is 2.30. The van der Waals surface area contributed by atoms with Crippen molar-refractivity contribution < 1.29 is 4.39 Å². The molecule has 1 saturated carbocycles. The molecule has 1 aliphatic heterocycles. The molecule has 4 nitrogen and oxygen atoms in total. The summed E-state index contributed by atoms with van der Waals surface area (Å²) in [5.74, 6) is 2.77. The van der Waals surface area contributed by atoms with Crippen molar-refractivity contribution in [2.24, 2.45) is 0 Å². The van der Waals surface area contributed by atoms with E-state index in [4.69, 9.17) is 11.6 Å². The van der Waals surface area contributed by atoms with Gasteiger partial charge in [0.2, 0.25) is 0 Å². The first-order valence-electron chi connectivity index (χ1n) is 10.3. The fourth-order valence-electron chi connectivity index (χ4n) is 4.87. The summed E-state index contributed by atoms with van der Waals surface area (Å²) in [4.78, 5) is 2.25. The van der Waals surface area contributed by atoms with Gasteiger partial charge in [-0.25, -0.2) is 4.39 Å². The van der Waals surface area contributed by atoms with Crippen molar-refractivity contribution >= 4 is 11.6 Å². The first-order chi connectivity index (χ1) is 14.1. The molecule has 0 atom stereocenters. The summed E-state index contributed by atoms with van der Waals surface area (Å²) >= 11 is 6.27. The van der Waals surface area contributed by atoms with Gasteiger partial charge in [0.05, 0.1) is 12.2 Å². The minimum absolute atomic E-state index is 0.169. The number of rotatable bonds is 2. The van der Waals surface area contributed by atoms with E-state index in [1.807, 2.05) is 18.2 Å². The highest BCUT2D eigenvalue weighted by molar-refractivity contribution is 6.30. The molecule has 3 aromatic rings. The molecule has 2 aromatic carbocycles. The zero-order chi connectivity index (χ0) is 20.0. The third-order valence-electron chi connectivity index (χ3n) is 6.32. The van der Waals surface area contributed by atoms with Crippen LogP contribution >= 0.6 is 11.6 Å². The molecule has 29 heavy (non-hydrogen) atoms. The molecule has 0 bridgehead atoms. The molecule has 0 unspecified atom stereocenters. The number of hydrogen-bond donors (Lipinski definition) is 0. The van der Waals surface area contributed by atoms with Gasteiger partial charge < -0.3 is 0 Å². The zero-order valence-electron chi connectivity index (χ0n) is 16.5. The van der Waals surface area contributed by atoms with E-state index in [2.05, 4.69) is 38.8 Å². The van der Waals surface area contributed by atoms with E-state index in [1.165, 1.54) is 11.1 Å². The fraction of sp³-hybridized carbons (Fsp3) is 0.391. The van der Waals surface area contributed by atoms with Crippen LogP contribution in [0, 0.1) is 5.82 Å². The monoisotopic (exact) mass is 410 g/mol. The van der Waals surface area contributed by atoms with E-state index in [0.717, 1.165) is 61.1 Å². The molecule has 2 aliphatic rings. The van der Waals surface area contributed by atoms with Crippen molar-refractivity contribution in [3.8, 4) is 5.69 Å². The Morgan fingerprint density at radius 2 is 1.66 bits per heavy atom. The minimum atomic E-state index is -0.169. The summed E-state index contributed by atoms with van der Waals surface area (Å²) in [7, 11) is 2.10. The van der Waals surface area contributed by atoms with Gasteiger partial charge in [0.1, 0.15) is 11.6 Å².